The van der Waals surface area contributed by atoms with Gasteiger partial charge in [-0.05, 0) is 107 Å². The van der Waals surface area contributed by atoms with E-state index >= 15 is 0 Å². The first kappa shape index (κ1) is 52.5. The number of hydrogen-bond acceptors (Lipinski definition) is 14. The first-order valence-electron chi connectivity index (χ1n) is 21.7. The van der Waals surface area contributed by atoms with E-state index in [2.05, 4.69) is 39.9 Å². The van der Waals surface area contributed by atoms with Crippen molar-refractivity contribution in [1.29, 1.82) is 0 Å². The van der Waals surface area contributed by atoms with Crippen LogP contribution in [0, 0.1) is 0 Å². The number of aryl methyl sites for hydroxylation is 4. The molecule has 6 rings (SSSR count). The number of aromatic nitrogens is 2. The van der Waals surface area contributed by atoms with Crippen LogP contribution in [-0.2, 0) is 59.1 Å². The normalized spacial score (nSPS) is 22.7. The summed E-state index contributed by atoms with van der Waals surface area (Å²) < 4.78 is 15.7. The molecule has 2 saturated heterocycles. The largest absolute Gasteiger partial charge is 1.00 e. The minimum absolute atomic E-state index is 0. The van der Waals surface area contributed by atoms with Crippen LogP contribution in [0.3, 0.4) is 0 Å². The molecule has 0 saturated carbocycles. The van der Waals surface area contributed by atoms with Crippen LogP contribution in [0.25, 0.3) is 0 Å². The molecular formula is C44H67LiN6O11. The van der Waals surface area contributed by atoms with Gasteiger partial charge in [0, 0.05) is 77.7 Å². The summed E-state index contributed by atoms with van der Waals surface area (Å²) in [5.74, 6) is 0.564. The molecule has 2 aromatic rings. The van der Waals surface area contributed by atoms with Gasteiger partial charge in [-0.2, -0.15) is 0 Å². The van der Waals surface area contributed by atoms with Gasteiger partial charge in [-0.25, -0.2) is 9.97 Å². The number of hydrogen-bond donors (Lipinski definition) is 5. The molecule has 4 aliphatic heterocycles. The minimum Gasteiger partial charge on any atom is -0.870 e. The maximum atomic E-state index is 12.7. The Balaban J connectivity index is 0.000000321. The van der Waals surface area contributed by atoms with Crippen molar-refractivity contribution in [2.45, 2.75) is 133 Å². The Kier molecular flexibility index (Phi) is 21.6. The van der Waals surface area contributed by atoms with Crippen LogP contribution in [0.4, 0.5) is 11.6 Å². The van der Waals surface area contributed by atoms with Gasteiger partial charge >= 0.3 is 30.8 Å². The van der Waals surface area contributed by atoms with Crippen LogP contribution in [0.1, 0.15) is 106 Å². The van der Waals surface area contributed by atoms with Crippen molar-refractivity contribution >= 4 is 35.4 Å². The molecule has 0 radical (unpaired) electrons. The van der Waals surface area contributed by atoms with Crippen molar-refractivity contribution in [2.75, 3.05) is 70.7 Å². The average molecular weight is 863 g/mol. The second-order valence-corrected chi connectivity index (χ2v) is 16.5. The maximum absolute atomic E-state index is 12.7. The summed E-state index contributed by atoms with van der Waals surface area (Å²) in [5, 5.41) is 37.2. The second kappa shape index (κ2) is 25.5. The maximum Gasteiger partial charge on any atom is 1.00 e. The zero-order valence-corrected chi connectivity index (χ0v) is 37.2. The summed E-state index contributed by atoms with van der Waals surface area (Å²) in [6, 6.07) is 8.47. The van der Waals surface area contributed by atoms with Crippen LogP contribution in [-0.4, -0.2) is 148 Å². The number of carbonyl (C=O) groups is 4. The summed E-state index contributed by atoms with van der Waals surface area (Å²) in [6.45, 7) is 5.21. The predicted octanol–water partition coefficient (Wildman–Crippen LogP) is 0.517. The smallest absolute Gasteiger partial charge is 0.870 e. The van der Waals surface area contributed by atoms with Gasteiger partial charge in [0.15, 0.2) is 0 Å². The van der Waals surface area contributed by atoms with Gasteiger partial charge in [-0.1, -0.05) is 12.1 Å². The number of fused-ring (bicyclic) bond motifs is 2. The number of nitrogens with one attached hydrogen (secondary N) is 2. The van der Waals surface area contributed by atoms with Gasteiger partial charge in [-0.3, -0.25) is 19.2 Å². The Morgan fingerprint density at radius 3 is 1.61 bits per heavy atom. The fourth-order valence-corrected chi connectivity index (χ4v) is 8.57. The monoisotopic (exact) mass is 863 g/mol. The van der Waals surface area contributed by atoms with Gasteiger partial charge in [0.2, 0.25) is 11.8 Å². The molecule has 0 spiro atoms. The van der Waals surface area contributed by atoms with E-state index in [9.17, 15) is 29.4 Å². The number of esters is 1. The number of methoxy groups -OCH3 is 2. The SMILES string of the molecule is CCOC(=O)CC1(O)CCN(C(=O)CCCCc2ccc3c(n2)NCCC3)CC1OC.COC1CN(C(=O)CCCCc2ccc3c(n2)NCCC3)CCC1(O)CC(=O)O.[Li+].[OH-]. The van der Waals surface area contributed by atoms with E-state index in [-0.39, 0.29) is 75.1 Å². The van der Waals surface area contributed by atoms with Gasteiger partial charge in [0.1, 0.15) is 35.0 Å². The molecule has 2 fully saturated rings. The van der Waals surface area contributed by atoms with Crippen LogP contribution in [0.5, 0.6) is 0 Å². The molecular weight excluding hydrogens is 795 g/mol. The molecule has 0 bridgehead atoms. The fourth-order valence-electron chi connectivity index (χ4n) is 8.57. The predicted molar refractivity (Wildman–Crippen MR) is 227 cm³/mol. The molecule has 2 amide bonds. The van der Waals surface area contributed by atoms with E-state index in [4.69, 9.17) is 24.3 Å². The number of rotatable bonds is 17. The van der Waals surface area contributed by atoms with Crippen LogP contribution in [0.2, 0.25) is 0 Å². The number of anilines is 2. The van der Waals surface area contributed by atoms with Crippen LogP contribution >= 0.6 is 0 Å². The Morgan fingerprint density at radius 2 is 1.19 bits per heavy atom. The molecule has 62 heavy (non-hydrogen) atoms. The van der Waals surface area contributed by atoms with E-state index in [1.807, 2.05) is 0 Å². The third-order valence-corrected chi connectivity index (χ3v) is 12.1. The Labute approximate surface area is 377 Å². The third-order valence-electron chi connectivity index (χ3n) is 12.1. The molecule has 4 aliphatic rings. The Hall–Kier alpha value is -3.82. The summed E-state index contributed by atoms with van der Waals surface area (Å²) in [7, 11) is 2.93. The van der Waals surface area contributed by atoms with Crippen molar-refractivity contribution in [3.63, 3.8) is 0 Å². The van der Waals surface area contributed by atoms with E-state index < -0.39 is 35.3 Å². The van der Waals surface area contributed by atoms with Gasteiger partial charge in [0.25, 0.3) is 0 Å². The summed E-state index contributed by atoms with van der Waals surface area (Å²) >= 11 is 0. The first-order valence-corrected chi connectivity index (χ1v) is 21.7. The fraction of sp³-hybridized carbons (Fsp3) is 0.682. The third kappa shape index (κ3) is 14.9. The zero-order valence-electron chi connectivity index (χ0n) is 37.2. The van der Waals surface area contributed by atoms with Gasteiger partial charge < -0.3 is 55.4 Å². The van der Waals surface area contributed by atoms with Gasteiger partial charge in [-0.15, -0.1) is 0 Å². The molecule has 6 heterocycles. The van der Waals surface area contributed by atoms with Crippen molar-refractivity contribution in [3.05, 3.63) is 46.8 Å². The quantitative estimate of drug-likeness (QED) is 0.0828. The molecule has 0 aromatic carbocycles. The molecule has 0 aliphatic carbocycles. The Bertz CT molecular complexity index is 1770. The molecule has 2 aromatic heterocycles. The van der Waals surface area contributed by atoms with Crippen LogP contribution < -0.4 is 29.5 Å². The number of nitrogens with zero attached hydrogens (tertiary/aromatic N) is 4. The van der Waals surface area contributed by atoms with E-state index in [0.717, 1.165) is 100 Å². The standard InChI is InChI=1S/C23H35N3O5.C21H31N3O5.Li.H2O/c1-3-31-21(28)15-23(29)12-14-26(16-19(23)30-2)20(27)9-5-4-8-18-11-10-17-7-6-13-24-22(17)25-18;1-29-17-14-24(12-10-21(17,28)13-19(26)27)18(25)7-3-2-6-16-9-8-15-5-4-11-22-20(15)23-16;;/h10-11,19,29H,3-9,12-16H2,1-2H3,(H,24,25);8-9,17,28H,2-7,10-14H2,1H3,(H,22,23)(H,26,27);;1H2/q;;+1;/p-1. The zero-order chi connectivity index (χ0) is 43.1. The molecule has 17 nitrogen and oxygen atoms in total. The number of unbranched alkanes of at least 4 members (excludes halogenated alkanes) is 2. The van der Waals surface area contributed by atoms with Crippen molar-refractivity contribution < 1.29 is 73.0 Å². The van der Waals surface area contributed by atoms with Gasteiger partial charge in [0.05, 0.1) is 19.4 Å². The second-order valence-electron chi connectivity index (χ2n) is 16.5. The van der Waals surface area contributed by atoms with E-state index in [1.165, 1.54) is 25.3 Å². The molecule has 18 heteroatoms. The number of carbonyl (C=O) groups excluding carboxylic acids is 3. The number of pyridine rings is 2. The summed E-state index contributed by atoms with van der Waals surface area (Å²) in [5.41, 5.74) is 1.93. The topological polar surface area (TPSA) is 243 Å². The number of ether oxygens (including phenoxy) is 3. The number of piperidine rings is 2. The Morgan fingerprint density at radius 1 is 0.742 bits per heavy atom. The van der Waals surface area contributed by atoms with Crippen LogP contribution in [0.15, 0.2) is 24.3 Å². The number of aliphatic carboxylic acids is 1. The molecule has 4 unspecified atom stereocenters. The average Bonchev–Trinajstić information content (AvgIpc) is 3.23. The van der Waals surface area contributed by atoms with Crippen molar-refractivity contribution in [2.24, 2.45) is 0 Å². The number of amides is 2. The first-order chi connectivity index (χ1) is 28.9. The molecule has 6 N–H and O–H groups in total. The van der Waals surface area contributed by atoms with Crippen molar-refractivity contribution in [3.8, 4) is 0 Å². The van der Waals surface area contributed by atoms with E-state index in [0.29, 0.717) is 32.4 Å². The summed E-state index contributed by atoms with van der Waals surface area (Å²) in [4.78, 5) is 60.9. The minimum atomic E-state index is -1.43. The molecule has 340 valence electrons. The number of carboxylic acid groups (broad SMARTS) is 1. The van der Waals surface area contributed by atoms with Crippen molar-refractivity contribution in [1.82, 2.24) is 19.8 Å². The van der Waals surface area contributed by atoms with E-state index in [1.54, 1.807) is 16.7 Å². The number of carboxylic acids is 1. The summed E-state index contributed by atoms with van der Waals surface area (Å²) in [6.07, 6.45) is 9.03. The number of likely N-dealkylation sites (tertiary alicyclic amines) is 2. The molecule has 4 atom stereocenters. The number of aliphatic hydroxyl groups is 2.